The summed E-state index contributed by atoms with van der Waals surface area (Å²) in [5.74, 6) is 0.284. The molecule has 0 aromatic heterocycles. The molecular weight excluding hydrogens is 262 g/mol. The first-order valence-corrected chi connectivity index (χ1v) is 7.27. The van der Waals surface area contributed by atoms with Gasteiger partial charge in [-0.2, -0.15) is 8.78 Å². The third-order valence-corrected chi connectivity index (χ3v) is 4.26. The van der Waals surface area contributed by atoms with Crippen LogP contribution in [0, 0.1) is 0 Å². The summed E-state index contributed by atoms with van der Waals surface area (Å²) >= 11 is 0. The van der Waals surface area contributed by atoms with Crippen LogP contribution in [0.3, 0.4) is 0 Å². The normalized spacial score (nSPS) is 23.8. The molecule has 5 heteroatoms. The fraction of sp³-hybridized carbons (Fsp3) is 0.600. The molecule has 0 saturated carbocycles. The van der Waals surface area contributed by atoms with Gasteiger partial charge in [0.2, 0.25) is 0 Å². The van der Waals surface area contributed by atoms with Crippen LogP contribution in [0.1, 0.15) is 19.3 Å². The van der Waals surface area contributed by atoms with Gasteiger partial charge in [0.15, 0.2) is 0 Å². The van der Waals surface area contributed by atoms with E-state index in [4.69, 9.17) is 0 Å². The molecule has 110 valence electrons. The van der Waals surface area contributed by atoms with Gasteiger partial charge in [0.05, 0.1) is 5.69 Å². The fourth-order valence-electron chi connectivity index (χ4n) is 3.29. The highest BCUT2D eigenvalue weighted by atomic mass is 19.3. The van der Waals surface area contributed by atoms with Gasteiger partial charge >= 0.3 is 6.61 Å². The SMILES string of the molecule is FC(F)Oc1ccccc1N1CCN2CCCCC2C1. The molecule has 1 unspecified atom stereocenters. The van der Waals surface area contributed by atoms with Crippen molar-refractivity contribution < 1.29 is 13.5 Å². The quantitative estimate of drug-likeness (QED) is 0.847. The van der Waals surface area contributed by atoms with Gasteiger partial charge in [-0.25, -0.2) is 0 Å². The second kappa shape index (κ2) is 5.95. The number of hydrogen-bond donors (Lipinski definition) is 0. The number of fused-ring (bicyclic) bond motifs is 1. The molecule has 20 heavy (non-hydrogen) atoms. The number of ether oxygens (including phenoxy) is 1. The second-order valence-corrected chi connectivity index (χ2v) is 5.48. The van der Waals surface area contributed by atoms with Crippen molar-refractivity contribution in [2.45, 2.75) is 31.9 Å². The fourth-order valence-corrected chi connectivity index (χ4v) is 3.29. The monoisotopic (exact) mass is 282 g/mol. The van der Waals surface area contributed by atoms with Crippen molar-refractivity contribution in [3.05, 3.63) is 24.3 Å². The lowest BCUT2D eigenvalue weighted by Crippen LogP contribution is -2.55. The van der Waals surface area contributed by atoms with Crippen molar-refractivity contribution in [2.75, 3.05) is 31.1 Å². The summed E-state index contributed by atoms with van der Waals surface area (Å²) in [7, 11) is 0. The number of rotatable bonds is 3. The molecule has 3 rings (SSSR count). The highest BCUT2D eigenvalue weighted by Crippen LogP contribution is 2.32. The Kier molecular flexibility index (Phi) is 4.05. The molecule has 3 nitrogen and oxygen atoms in total. The van der Waals surface area contributed by atoms with Crippen LogP contribution in [0.25, 0.3) is 0 Å². The summed E-state index contributed by atoms with van der Waals surface area (Å²) in [6.07, 6.45) is 3.75. The van der Waals surface area contributed by atoms with Crippen molar-refractivity contribution in [3.63, 3.8) is 0 Å². The molecule has 1 aromatic carbocycles. The second-order valence-electron chi connectivity index (χ2n) is 5.48. The van der Waals surface area contributed by atoms with E-state index < -0.39 is 6.61 Å². The molecule has 0 spiro atoms. The Morgan fingerprint density at radius 3 is 2.80 bits per heavy atom. The molecule has 0 radical (unpaired) electrons. The topological polar surface area (TPSA) is 15.7 Å². The summed E-state index contributed by atoms with van der Waals surface area (Å²) in [5.41, 5.74) is 0.790. The smallest absolute Gasteiger partial charge is 0.387 e. The molecule has 0 bridgehead atoms. The summed E-state index contributed by atoms with van der Waals surface area (Å²) in [5, 5.41) is 0. The van der Waals surface area contributed by atoms with Crippen molar-refractivity contribution in [1.82, 2.24) is 4.90 Å². The average Bonchev–Trinajstić information content (AvgIpc) is 2.47. The molecule has 1 atom stereocenters. The zero-order valence-corrected chi connectivity index (χ0v) is 11.5. The van der Waals surface area contributed by atoms with E-state index >= 15 is 0 Å². The summed E-state index contributed by atoms with van der Waals surface area (Å²) in [4.78, 5) is 4.71. The van der Waals surface area contributed by atoms with Crippen LogP contribution >= 0.6 is 0 Å². The summed E-state index contributed by atoms with van der Waals surface area (Å²) in [6.45, 7) is 1.19. The van der Waals surface area contributed by atoms with Crippen LogP contribution in [0.4, 0.5) is 14.5 Å². The van der Waals surface area contributed by atoms with E-state index in [-0.39, 0.29) is 5.75 Å². The van der Waals surface area contributed by atoms with Crippen LogP contribution in [-0.2, 0) is 0 Å². The van der Waals surface area contributed by atoms with E-state index in [1.54, 1.807) is 12.1 Å². The number of nitrogens with zero attached hydrogens (tertiary/aromatic N) is 2. The van der Waals surface area contributed by atoms with Gasteiger partial charge in [0, 0.05) is 25.7 Å². The predicted molar refractivity (Wildman–Crippen MR) is 74.5 cm³/mol. The van der Waals surface area contributed by atoms with Gasteiger partial charge in [-0.3, -0.25) is 4.90 Å². The molecule has 1 aromatic rings. The van der Waals surface area contributed by atoms with Crippen LogP contribution in [0.15, 0.2) is 24.3 Å². The van der Waals surface area contributed by atoms with Gasteiger partial charge in [0.1, 0.15) is 5.75 Å². The Bertz CT molecular complexity index is 455. The van der Waals surface area contributed by atoms with Crippen LogP contribution in [0.5, 0.6) is 5.75 Å². The van der Waals surface area contributed by atoms with Crippen molar-refractivity contribution in [1.29, 1.82) is 0 Å². The lowest BCUT2D eigenvalue weighted by Gasteiger charge is -2.45. The first-order valence-electron chi connectivity index (χ1n) is 7.27. The first kappa shape index (κ1) is 13.6. The number of benzene rings is 1. The van der Waals surface area contributed by atoms with Gasteiger partial charge in [0.25, 0.3) is 0 Å². The number of halogens is 2. The number of anilines is 1. The van der Waals surface area contributed by atoms with Crippen molar-refractivity contribution in [2.24, 2.45) is 0 Å². The number of hydrogen-bond acceptors (Lipinski definition) is 3. The maximum absolute atomic E-state index is 12.5. The lowest BCUT2D eigenvalue weighted by atomic mass is 9.99. The highest BCUT2D eigenvalue weighted by molar-refractivity contribution is 5.58. The minimum absolute atomic E-state index is 0.284. The molecule has 0 N–H and O–H groups in total. The predicted octanol–water partition coefficient (Wildman–Crippen LogP) is 2.96. The maximum Gasteiger partial charge on any atom is 0.387 e. The van der Waals surface area contributed by atoms with Crippen LogP contribution in [0.2, 0.25) is 0 Å². The average molecular weight is 282 g/mol. The van der Waals surface area contributed by atoms with Gasteiger partial charge < -0.3 is 9.64 Å². The minimum atomic E-state index is -2.77. The third-order valence-electron chi connectivity index (χ3n) is 4.26. The Labute approximate surface area is 118 Å². The minimum Gasteiger partial charge on any atom is -0.433 e. The Morgan fingerprint density at radius 2 is 1.95 bits per heavy atom. The maximum atomic E-state index is 12.5. The van der Waals surface area contributed by atoms with E-state index in [1.807, 2.05) is 12.1 Å². The molecule has 0 amide bonds. The summed E-state index contributed by atoms with van der Waals surface area (Å²) in [6, 6.07) is 7.65. The van der Waals surface area contributed by atoms with Gasteiger partial charge in [-0.1, -0.05) is 18.6 Å². The van der Waals surface area contributed by atoms with Crippen LogP contribution in [-0.4, -0.2) is 43.7 Å². The molecule has 0 aliphatic carbocycles. The molecule has 2 fully saturated rings. The van der Waals surface area contributed by atoms with Crippen molar-refractivity contribution >= 4 is 5.69 Å². The molecule has 2 aliphatic rings. The van der Waals surface area contributed by atoms with Crippen molar-refractivity contribution in [3.8, 4) is 5.75 Å². The number of piperazine rings is 1. The molecule has 2 heterocycles. The standard InChI is InChI=1S/C15H20F2N2O/c16-15(17)20-14-7-2-1-6-13(14)19-10-9-18-8-4-3-5-12(18)11-19/h1-2,6-7,12,15H,3-5,8-11H2. The lowest BCUT2D eigenvalue weighted by molar-refractivity contribution is -0.0495. The Hall–Kier alpha value is -1.36. The van der Waals surface area contributed by atoms with E-state index in [9.17, 15) is 8.78 Å². The molecule has 2 saturated heterocycles. The van der Waals surface area contributed by atoms with Crippen LogP contribution < -0.4 is 9.64 Å². The zero-order valence-electron chi connectivity index (χ0n) is 11.5. The van der Waals surface area contributed by atoms with E-state index in [2.05, 4.69) is 14.5 Å². The van der Waals surface area contributed by atoms with Gasteiger partial charge in [-0.15, -0.1) is 0 Å². The number of piperidine rings is 1. The first-order chi connectivity index (χ1) is 9.74. The Balaban J connectivity index is 1.76. The summed E-state index contributed by atoms with van der Waals surface area (Å²) < 4.78 is 29.6. The largest absolute Gasteiger partial charge is 0.433 e. The van der Waals surface area contributed by atoms with E-state index in [0.717, 1.165) is 25.3 Å². The zero-order chi connectivity index (χ0) is 13.9. The Morgan fingerprint density at radius 1 is 1.10 bits per heavy atom. The molecular formula is C15H20F2N2O. The van der Waals surface area contributed by atoms with E-state index in [1.165, 1.54) is 25.8 Å². The van der Waals surface area contributed by atoms with E-state index in [0.29, 0.717) is 6.04 Å². The molecule has 2 aliphatic heterocycles. The number of alkyl halides is 2. The highest BCUT2D eigenvalue weighted by Gasteiger charge is 2.30. The third kappa shape index (κ3) is 2.87. The van der Waals surface area contributed by atoms with Gasteiger partial charge in [-0.05, 0) is 31.5 Å². The number of para-hydroxylation sites is 2.